The number of nitrogens with one attached hydrogen (secondary N) is 1. The zero-order chi connectivity index (χ0) is 25.2. The lowest BCUT2D eigenvalue weighted by Gasteiger charge is -2.20. The Bertz CT molecular complexity index is 1490. The number of amides is 2. The summed E-state index contributed by atoms with van der Waals surface area (Å²) in [5, 5.41) is 6.84. The van der Waals surface area contributed by atoms with Crippen molar-refractivity contribution in [1.82, 2.24) is 9.78 Å². The van der Waals surface area contributed by atoms with Crippen LogP contribution in [0.4, 0.5) is 11.4 Å². The van der Waals surface area contributed by atoms with Gasteiger partial charge >= 0.3 is 0 Å². The molecule has 0 saturated heterocycles. The monoisotopic (exact) mass is 489 g/mol. The quantitative estimate of drug-likeness (QED) is 0.412. The van der Waals surface area contributed by atoms with Crippen LogP contribution in [-0.4, -0.2) is 37.1 Å². The van der Waals surface area contributed by atoms with Gasteiger partial charge in [-0.2, -0.15) is 5.10 Å². The van der Waals surface area contributed by atoms with Crippen LogP contribution in [0.3, 0.4) is 0 Å². The van der Waals surface area contributed by atoms with E-state index in [2.05, 4.69) is 10.4 Å². The van der Waals surface area contributed by atoms with Crippen molar-refractivity contribution >= 4 is 33.2 Å². The number of nitrogens with zero attached hydrogens (tertiary/aromatic N) is 3. The van der Waals surface area contributed by atoms with Crippen molar-refractivity contribution in [3.8, 4) is 5.69 Å². The number of hydrogen-bond donors (Lipinski definition) is 2. The van der Waals surface area contributed by atoms with E-state index in [1.165, 1.54) is 40.3 Å². The second kappa shape index (κ2) is 9.43. The van der Waals surface area contributed by atoms with E-state index < -0.39 is 21.8 Å². The molecule has 0 spiro atoms. The summed E-state index contributed by atoms with van der Waals surface area (Å²) in [6.07, 6.45) is 1.60. The molecule has 178 valence electrons. The van der Waals surface area contributed by atoms with Crippen LogP contribution in [0.25, 0.3) is 5.69 Å². The Morgan fingerprint density at radius 2 is 1.66 bits per heavy atom. The van der Waals surface area contributed by atoms with Gasteiger partial charge in [0.25, 0.3) is 21.8 Å². The first-order valence-corrected chi connectivity index (χ1v) is 12.0. The van der Waals surface area contributed by atoms with Gasteiger partial charge in [0.2, 0.25) is 0 Å². The zero-order valence-corrected chi connectivity index (χ0v) is 19.9. The van der Waals surface area contributed by atoms with Gasteiger partial charge in [0.15, 0.2) is 0 Å². The SMILES string of the molecule is Cc1ccc(N(C)S(=O)(=O)c2cccc(C(=O)Nc3ccc(-n4ccc(C(N)=O)n4)cc3)c2)cc1. The molecule has 9 nitrogen and oxygen atoms in total. The number of sulfonamides is 1. The molecule has 0 bridgehead atoms. The van der Waals surface area contributed by atoms with Crippen LogP contribution < -0.4 is 15.4 Å². The van der Waals surface area contributed by atoms with Crippen molar-refractivity contribution < 1.29 is 18.0 Å². The summed E-state index contributed by atoms with van der Waals surface area (Å²) in [7, 11) is -2.39. The van der Waals surface area contributed by atoms with E-state index in [0.717, 1.165) is 5.56 Å². The third-order valence-electron chi connectivity index (χ3n) is 5.38. The van der Waals surface area contributed by atoms with E-state index >= 15 is 0 Å². The highest BCUT2D eigenvalue weighted by atomic mass is 32.2. The topological polar surface area (TPSA) is 127 Å². The molecule has 0 radical (unpaired) electrons. The third-order valence-corrected chi connectivity index (χ3v) is 7.16. The van der Waals surface area contributed by atoms with Crippen molar-refractivity contribution in [1.29, 1.82) is 0 Å². The largest absolute Gasteiger partial charge is 0.364 e. The minimum absolute atomic E-state index is 0.00695. The summed E-state index contributed by atoms with van der Waals surface area (Å²) in [5.41, 5.74) is 8.28. The van der Waals surface area contributed by atoms with Gasteiger partial charge in [0, 0.05) is 24.5 Å². The molecule has 0 aliphatic carbocycles. The lowest BCUT2D eigenvalue weighted by atomic mass is 10.2. The van der Waals surface area contributed by atoms with Crippen molar-refractivity contribution in [3.05, 3.63) is 102 Å². The maximum absolute atomic E-state index is 13.1. The van der Waals surface area contributed by atoms with Crippen molar-refractivity contribution in [2.75, 3.05) is 16.7 Å². The number of primary amides is 1. The first-order chi connectivity index (χ1) is 16.6. The molecule has 1 aromatic heterocycles. The van der Waals surface area contributed by atoms with Crippen LogP contribution in [0.15, 0.2) is 90.0 Å². The number of benzene rings is 3. The Morgan fingerprint density at radius 1 is 0.971 bits per heavy atom. The molecule has 0 atom stereocenters. The molecule has 4 rings (SSSR count). The minimum Gasteiger partial charge on any atom is -0.364 e. The summed E-state index contributed by atoms with van der Waals surface area (Å²) >= 11 is 0. The van der Waals surface area contributed by atoms with Gasteiger partial charge in [0.1, 0.15) is 5.69 Å². The summed E-state index contributed by atoms with van der Waals surface area (Å²) in [4.78, 5) is 24.0. The molecular formula is C25H23N5O4S. The standard InChI is InChI=1S/C25H23N5O4S/c1-17-6-10-20(11-7-17)29(2)35(33,34)22-5-3-4-18(16-22)25(32)27-19-8-12-21(13-9-19)30-15-14-23(28-30)24(26)31/h3-16H,1-2H3,(H2,26,31)(H,27,32). The molecule has 1 heterocycles. The maximum Gasteiger partial charge on any atom is 0.269 e. The van der Waals surface area contributed by atoms with Crippen LogP contribution in [0.5, 0.6) is 0 Å². The van der Waals surface area contributed by atoms with E-state index in [1.807, 2.05) is 19.1 Å². The van der Waals surface area contributed by atoms with E-state index in [4.69, 9.17) is 5.73 Å². The molecule has 0 unspecified atom stereocenters. The third kappa shape index (κ3) is 5.07. The zero-order valence-electron chi connectivity index (χ0n) is 19.0. The molecule has 10 heteroatoms. The molecule has 0 saturated carbocycles. The Hall–Kier alpha value is -4.44. The van der Waals surface area contributed by atoms with Gasteiger partial charge in [-0.05, 0) is 67.6 Å². The number of aryl methyl sites for hydroxylation is 1. The Balaban J connectivity index is 1.50. The number of carbonyl (C=O) groups excluding carboxylic acids is 2. The number of anilines is 2. The molecule has 0 aliphatic rings. The molecule has 2 amide bonds. The molecule has 3 aromatic carbocycles. The second-order valence-corrected chi connectivity index (χ2v) is 9.82. The van der Waals surface area contributed by atoms with E-state index in [1.54, 1.807) is 48.7 Å². The van der Waals surface area contributed by atoms with E-state index in [9.17, 15) is 18.0 Å². The van der Waals surface area contributed by atoms with Crippen molar-refractivity contribution in [2.24, 2.45) is 5.73 Å². The number of nitrogens with two attached hydrogens (primary N) is 1. The molecule has 3 N–H and O–H groups in total. The van der Waals surface area contributed by atoms with Crippen LogP contribution >= 0.6 is 0 Å². The molecule has 0 aliphatic heterocycles. The highest BCUT2D eigenvalue weighted by molar-refractivity contribution is 7.92. The number of hydrogen-bond acceptors (Lipinski definition) is 5. The molecular weight excluding hydrogens is 466 g/mol. The van der Waals surface area contributed by atoms with E-state index in [0.29, 0.717) is 17.1 Å². The predicted octanol–water partition coefficient (Wildman–Crippen LogP) is 3.36. The predicted molar refractivity (Wildman–Crippen MR) is 133 cm³/mol. The fraction of sp³-hybridized carbons (Fsp3) is 0.0800. The van der Waals surface area contributed by atoms with Gasteiger partial charge in [-0.15, -0.1) is 0 Å². The Morgan fingerprint density at radius 3 is 2.29 bits per heavy atom. The molecule has 0 fully saturated rings. The van der Waals surface area contributed by atoms with Crippen LogP contribution in [0.1, 0.15) is 26.4 Å². The summed E-state index contributed by atoms with van der Waals surface area (Å²) in [6, 6.07) is 21.3. The fourth-order valence-electron chi connectivity index (χ4n) is 3.35. The van der Waals surface area contributed by atoms with Crippen LogP contribution in [-0.2, 0) is 10.0 Å². The lowest BCUT2D eigenvalue weighted by molar-refractivity contribution is 0.0993. The highest BCUT2D eigenvalue weighted by Crippen LogP contribution is 2.23. The molecule has 35 heavy (non-hydrogen) atoms. The highest BCUT2D eigenvalue weighted by Gasteiger charge is 2.22. The number of aromatic nitrogens is 2. The second-order valence-electron chi connectivity index (χ2n) is 7.85. The van der Waals surface area contributed by atoms with Gasteiger partial charge in [-0.3, -0.25) is 13.9 Å². The fourth-order valence-corrected chi connectivity index (χ4v) is 4.59. The van der Waals surface area contributed by atoms with E-state index in [-0.39, 0.29) is 16.2 Å². The van der Waals surface area contributed by atoms with Gasteiger partial charge in [-0.1, -0.05) is 23.8 Å². The number of rotatable bonds is 7. The first kappa shape index (κ1) is 23.7. The van der Waals surface area contributed by atoms with Crippen molar-refractivity contribution in [2.45, 2.75) is 11.8 Å². The van der Waals surface area contributed by atoms with Gasteiger partial charge in [0.05, 0.1) is 16.3 Å². The normalized spacial score (nSPS) is 11.1. The summed E-state index contributed by atoms with van der Waals surface area (Å²) < 4.78 is 28.9. The summed E-state index contributed by atoms with van der Waals surface area (Å²) in [5.74, 6) is -1.08. The summed E-state index contributed by atoms with van der Waals surface area (Å²) in [6.45, 7) is 1.92. The average Bonchev–Trinajstić information content (AvgIpc) is 3.35. The van der Waals surface area contributed by atoms with Gasteiger partial charge in [-0.25, -0.2) is 13.1 Å². The first-order valence-electron chi connectivity index (χ1n) is 10.6. The van der Waals surface area contributed by atoms with Gasteiger partial charge < -0.3 is 11.1 Å². The Kier molecular flexibility index (Phi) is 6.39. The maximum atomic E-state index is 13.1. The Labute approximate surface area is 202 Å². The molecule has 4 aromatic rings. The smallest absolute Gasteiger partial charge is 0.269 e. The average molecular weight is 490 g/mol. The number of carbonyl (C=O) groups is 2. The lowest BCUT2D eigenvalue weighted by Crippen LogP contribution is -2.26. The minimum atomic E-state index is -3.86. The van der Waals surface area contributed by atoms with Crippen molar-refractivity contribution in [3.63, 3.8) is 0 Å². The van der Waals surface area contributed by atoms with Crippen LogP contribution in [0.2, 0.25) is 0 Å². The van der Waals surface area contributed by atoms with Crippen LogP contribution in [0, 0.1) is 6.92 Å².